The Morgan fingerprint density at radius 3 is 2.93 bits per heavy atom. The maximum atomic E-state index is 12.8. The fraction of sp³-hybridized carbons (Fsp3) is 0.421. The molecule has 1 aliphatic carbocycles. The number of rotatable bonds is 8. The number of hydrogen-bond donors (Lipinski definition) is 2. The first kappa shape index (κ1) is 18.5. The minimum absolute atomic E-state index is 0.0427. The van der Waals surface area contributed by atoms with E-state index in [0.717, 1.165) is 35.6 Å². The van der Waals surface area contributed by atoms with Gasteiger partial charge in [0.1, 0.15) is 11.0 Å². The van der Waals surface area contributed by atoms with Crippen LogP contribution in [0.15, 0.2) is 30.6 Å². The SMILES string of the molecule is Cc1cnn(CCC(=O)NCC(NC(=O)c2cccc3nsnc23)C2CC2)c1. The molecule has 1 unspecified atom stereocenters. The zero-order valence-electron chi connectivity index (χ0n) is 15.6. The van der Waals surface area contributed by atoms with Gasteiger partial charge in [-0.1, -0.05) is 6.07 Å². The summed E-state index contributed by atoms with van der Waals surface area (Å²) < 4.78 is 10.2. The quantitative estimate of drug-likeness (QED) is 0.604. The van der Waals surface area contributed by atoms with Crippen LogP contribution >= 0.6 is 11.7 Å². The fourth-order valence-corrected chi connectivity index (χ4v) is 3.74. The molecule has 0 saturated heterocycles. The van der Waals surface area contributed by atoms with Crippen molar-refractivity contribution in [3.05, 3.63) is 41.7 Å². The van der Waals surface area contributed by atoms with E-state index in [9.17, 15) is 9.59 Å². The van der Waals surface area contributed by atoms with Crippen molar-refractivity contribution < 1.29 is 9.59 Å². The van der Waals surface area contributed by atoms with Gasteiger partial charge in [0, 0.05) is 31.7 Å². The van der Waals surface area contributed by atoms with Crippen molar-refractivity contribution >= 4 is 34.6 Å². The molecule has 8 nitrogen and oxygen atoms in total. The van der Waals surface area contributed by atoms with Crippen molar-refractivity contribution in [2.75, 3.05) is 6.54 Å². The summed E-state index contributed by atoms with van der Waals surface area (Å²) in [7, 11) is 0. The number of aryl methyl sites for hydroxylation is 2. The average molecular weight is 398 g/mol. The van der Waals surface area contributed by atoms with Gasteiger partial charge < -0.3 is 10.6 Å². The average Bonchev–Trinajstić information content (AvgIpc) is 3.27. The molecule has 0 radical (unpaired) electrons. The van der Waals surface area contributed by atoms with Crippen LogP contribution in [0.5, 0.6) is 0 Å². The lowest BCUT2D eigenvalue weighted by Gasteiger charge is -2.19. The van der Waals surface area contributed by atoms with E-state index in [1.165, 1.54) is 0 Å². The van der Waals surface area contributed by atoms with Gasteiger partial charge in [0.15, 0.2) is 0 Å². The van der Waals surface area contributed by atoms with Gasteiger partial charge in [-0.3, -0.25) is 14.3 Å². The highest BCUT2D eigenvalue weighted by Gasteiger charge is 2.33. The Labute approximate surface area is 166 Å². The number of aromatic nitrogens is 4. The molecule has 4 rings (SSSR count). The predicted molar refractivity (Wildman–Crippen MR) is 106 cm³/mol. The van der Waals surface area contributed by atoms with Gasteiger partial charge in [-0.2, -0.15) is 13.8 Å². The highest BCUT2D eigenvalue weighted by atomic mass is 32.1. The van der Waals surface area contributed by atoms with Crippen LogP contribution in [0.4, 0.5) is 0 Å². The van der Waals surface area contributed by atoms with Gasteiger partial charge in [0.25, 0.3) is 5.91 Å². The lowest BCUT2D eigenvalue weighted by Crippen LogP contribution is -2.45. The number of nitrogens with one attached hydrogen (secondary N) is 2. The Bertz CT molecular complexity index is 993. The third-order valence-electron chi connectivity index (χ3n) is 4.89. The summed E-state index contributed by atoms with van der Waals surface area (Å²) in [6, 6.07) is 5.33. The summed E-state index contributed by atoms with van der Waals surface area (Å²) in [5, 5.41) is 10.2. The Morgan fingerprint density at radius 2 is 2.18 bits per heavy atom. The van der Waals surface area contributed by atoms with Crippen LogP contribution in [0, 0.1) is 12.8 Å². The molecule has 2 N–H and O–H groups in total. The van der Waals surface area contributed by atoms with Crippen LogP contribution < -0.4 is 10.6 Å². The standard InChI is InChI=1S/C19H22N6O2S/c1-12-9-21-25(11-12)8-7-17(26)20-10-16(13-5-6-13)22-19(27)14-3-2-4-15-18(14)24-28-23-15/h2-4,9,11,13,16H,5-8,10H2,1H3,(H,20,26)(H,22,27). The smallest absolute Gasteiger partial charge is 0.253 e. The number of carbonyl (C=O) groups excluding carboxylic acids is 2. The fourth-order valence-electron chi connectivity index (χ4n) is 3.19. The minimum Gasteiger partial charge on any atom is -0.354 e. The minimum atomic E-state index is -0.170. The van der Waals surface area contributed by atoms with Crippen LogP contribution in [0.25, 0.3) is 11.0 Å². The van der Waals surface area contributed by atoms with Crippen molar-refractivity contribution in [2.24, 2.45) is 5.92 Å². The number of fused-ring (bicyclic) bond motifs is 1. The molecule has 3 aromatic rings. The molecule has 1 aliphatic rings. The van der Waals surface area contributed by atoms with E-state index in [-0.39, 0.29) is 17.9 Å². The number of carbonyl (C=O) groups is 2. The molecule has 0 aliphatic heterocycles. The van der Waals surface area contributed by atoms with Crippen LogP contribution in [0.2, 0.25) is 0 Å². The van der Waals surface area contributed by atoms with Crippen LogP contribution in [0.3, 0.4) is 0 Å². The second kappa shape index (κ2) is 8.05. The molecule has 2 heterocycles. The topological polar surface area (TPSA) is 102 Å². The molecule has 9 heteroatoms. The first-order valence-electron chi connectivity index (χ1n) is 9.38. The summed E-state index contributed by atoms with van der Waals surface area (Å²) in [6.45, 7) is 2.94. The Hall–Kier alpha value is -2.81. The van der Waals surface area contributed by atoms with E-state index < -0.39 is 0 Å². The van der Waals surface area contributed by atoms with Gasteiger partial charge in [-0.05, 0) is 43.4 Å². The van der Waals surface area contributed by atoms with Gasteiger partial charge in [0.05, 0.1) is 23.5 Å². The zero-order valence-corrected chi connectivity index (χ0v) is 16.4. The molecule has 1 aromatic carbocycles. The van der Waals surface area contributed by atoms with E-state index in [1.54, 1.807) is 16.9 Å². The Balaban J connectivity index is 1.32. The summed E-state index contributed by atoms with van der Waals surface area (Å²) in [4.78, 5) is 24.9. The van der Waals surface area contributed by atoms with Crippen LogP contribution in [-0.4, -0.2) is 42.9 Å². The lowest BCUT2D eigenvalue weighted by atomic mass is 10.1. The molecule has 28 heavy (non-hydrogen) atoms. The lowest BCUT2D eigenvalue weighted by molar-refractivity contribution is -0.121. The summed E-state index contributed by atoms with van der Waals surface area (Å²) in [6.07, 6.45) is 6.17. The molecule has 146 valence electrons. The van der Waals surface area contributed by atoms with Gasteiger partial charge in [0.2, 0.25) is 5.91 Å². The Kier molecular flexibility index (Phi) is 5.34. The number of amides is 2. The molecular formula is C19H22N6O2S. The van der Waals surface area contributed by atoms with E-state index in [4.69, 9.17) is 0 Å². The number of nitrogens with zero attached hydrogens (tertiary/aromatic N) is 4. The molecule has 1 fully saturated rings. The molecule has 0 spiro atoms. The summed E-state index contributed by atoms with van der Waals surface area (Å²) in [5.41, 5.74) is 2.94. The summed E-state index contributed by atoms with van der Waals surface area (Å²) >= 11 is 1.10. The van der Waals surface area contributed by atoms with E-state index in [0.29, 0.717) is 36.5 Å². The van der Waals surface area contributed by atoms with E-state index >= 15 is 0 Å². The van der Waals surface area contributed by atoms with Crippen LogP contribution in [0.1, 0.15) is 35.2 Å². The maximum absolute atomic E-state index is 12.8. The molecule has 0 bridgehead atoms. The van der Waals surface area contributed by atoms with E-state index in [2.05, 4.69) is 24.5 Å². The third-order valence-corrected chi connectivity index (χ3v) is 5.43. The second-order valence-electron chi connectivity index (χ2n) is 7.19. The first-order chi connectivity index (χ1) is 13.6. The van der Waals surface area contributed by atoms with Gasteiger partial charge in [-0.15, -0.1) is 0 Å². The van der Waals surface area contributed by atoms with Crippen molar-refractivity contribution in [1.29, 1.82) is 0 Å². The zero-order chi connectivity index (χ0) is 19.5. The van der Waals surface area contributed by atoms with Crippen molar-refractivity contribution in [3.8, 4) is 0 Å². The van der Waals surface area contributed by atoms with Crippen molar-refractivity contribution in [1.82, 2.24) is 29.2 Å². The third kappa shape index (κ3) is 4.36. The number of benzene rings is 1. The molecule has 2 aromatic heterocycles. The Morgan fingerprint density at radius 1 is 1.32 bits per heavy atom. The van der Waals surface area contributed by atoms with Crippen molar-refractivity contribution in [2.45, 2.75) is 38.8 Å². The predicted octanol–water partition coefficient (Wildman–Crippen LogP) is 1.91. The van der Waals surface area contributed by atoms with Crippen molar-refractivity contribution in [3.63, 3.8) is 0 Å². The van der Waals surface area contributed by atoms with Gasteiger partial charge in [-0.25, -0.2) is 0 Å². The summed E-state index contributed by atoms with van der Waals surface area (Å²) in [5.74, 6) is 0.195. The normalized spacial score (nSPS) is 14.8. The highest BCUT2D eigenvalue weighted by Crippen LogP contribution is 2.32. The van der Waals surface area contributed by atoms with Crippen LogP contribution in [-0.2, 0) is 11.3 Å². The second-order valence-corrected chi connectivity index (χ2v) is 7.72. The monoisotopic (exact) mass is 398 g/mol. The highest BCUT2D eigenvalue weighted by molar-refractivity contribution is 7.00. The van der Waals surface area contributed by atoms with Gasteiger partial charge >= 0.3 is 0 Å². The molecule has 1 saturated carbocycles. The molecule has 1 atom stereocenters. The molecular weight excluding hydrogens is 376 g/mol. The molecule has 2 amide bonds. The first-order valence-corrected chi connectivity index (χ1v) is 10.1. The largest absolute Gasteiger partial charge is 0.354 e. The number of hydrogen-bond acceptors (Lipinski definition) is 6. The van der Waals surface area contributed by atoms with E-state index in [1.807, 2.05) is 25.3 Å². The maximum Gasteiger partial charge on any atom is 0.253 e.